The zero-order valence-electron chi connectivity index (χ0n) is 17.7. The Morgan fingerprint density at radius 1 is 0.395 bits per heavy atom. The van der Waals surface area contributed by atoms with E-state index in [9.17, 15) is 92.2 Å². The molecule has 0 aromatic carbocycles. The van der Waals surface area contributed by atoms with Crippen molar-refractivity contribution < 1.29 is 92.2 Å². The molecule has 0 radical (unpaired) electrons. The van der Waals surface area contributed by atoms with Gasteiger partial charge in [-0.15, -0.1) is 0 Å². The molecule has 0 fully saturated rings. The van der Waals surface area contributed by atoms with Crippen LogP contribution in [-0.2, 0) is 0 Å². The predicted molar refractivity (Wildman–Crippen MR) is 92.5 cm³/mol. The Hall–Kier alpha value is -1.00. The Balaban J connectivity index is 7.07. The Morgan fingerprint density at radius 3 is 0.868 bits per heavy atom. The van der Waals surface area contributed by atoms with E-state index in [0.717, 1.165) is 6.92 Å². The average molecular weight is 728 g/mol. The Kier molecular flexibility index (Phi) is 9.57. The van der Waals surface area contributed by atoms with Gasteiger partial charge in [-0.2, -0.15) is 92.2 Å². The monoisotopic (exact) mass is 728 g/mol. The van der Waals surface area contributed by atoms with Crippen molar-refractivity contribution >= 4 is 22.6 Å². The minimum absolute atomic E-state index is 0.312. The lowest BCUT2D eigenvalue weighted by Crippen LogP contribution is -2.76. The van der Waals surface area contributed by atoms with Gasteiger partial charge in [-0.25, -0.2) is 0 Å². The zero-order chi connectivity index (χ0) is 31.6. The second-order valence-electron chi connectivity index (χ2n) is 7.67. The van der Waals surface area contributed by atoms with E-state index in [4.69, 9.17) is 0 Å². The maximum absolute atomic E-state index is 13.8. The van der Waals surface area contributed by atoms with E-state index >= 15 is 0 Å². The van der Waals surface area contributed by atoms with Crippen LogP contribution in [0.5, 0.6) is 0 Å². The van der Waals surface area contributed by atoms with Gasteiger partial charge in [0.2, 0.25) is 0 Å². The minimum Gasteiger partial charge on any atom is -0.199 e. The van der Waals surface area contributed by atoms with Crippen molar-refractivity contribution in [2.24, 2.45) is 0 Å². The molecular weight excluding hydrogens is 718 g/mol. The van der Waals surface area contributed by atoms with Crippen molar-refractivity contribution in [3.05, 3.63) is 11.1 Å². The highest BCUT2D eigenvalue weighted by Crippen LogP contribution is 2.66. The highest BCUT2D eigenvalue weighted by Gasteiger charge is 2.97. The predicted octanol–water partition coefficient (Wildman–Crippen LogP) is 9.43. The number of hydrogen-bond acceptors (Lipinski definition) is 0. The highest BCUT2D eigenvalue weighted by molar-refractivity contribution is 14.1. The Morgan fingerprint density at radius 2 is 0.632 bits per heavy atom. The van der Waals surface area contributed by atoms with Gasteiger partial charge in [0, 0.05) is 10.8 Å². The summed E-state index contributed by atoms with van der Waals surface area (Å²) in [5, 5.41) is 0. The van der Waals surface area contributed by atoms with E-state index < -0.39 is 71.5 Å². The summed E-state index contributed by atoms with van der Waals surface area (Å²) >= 11 is 1.38. The van der Waals surface area contributed by atoms with Gasteiger partial charge in [-0.3, -0.25) is 0 Å². The summed E-state index contributed by atoms with van der Waals surface area (Å²) in [6.45, 7) is 1.39. The lowest BCUT2D eigenvalue weighted by Gasteiger charge is -2.44. The molecule has 228 valence electrons. The van der Waals surface area contributed by atoms with Crippen LogP contribution in [0.4, 0.5) is 92.2 Å². The molecule has 0 heterocycles. The number of rotatable bonds is 11. The fourth-order valence-electron chi connectivity index (χ4n) is 2.30. The van der Waals surface area contributed by atoms with E-state index in [1.165, 1.54) is 22.6 Å². The SMILES string of the molecule is C/C(CI)=C(\C)CC(F)(F)C(F)(F)C(F)(F)C(F)(F)C(F)(F)C(F)(F)C(F)(F)C(F)(F)C(F)(F)C(F)(F)F. The quantitative estimate of drug-likeness (QED) is 0.0862. The van der Waals surface area contributed by atoms with Crippen LogP contribution in [0.1, 0.15) is 20.3 Å². The molecule has 0 amide bonds. The molecule has 0 saturated carbocycles. The Bertz CT molecular complexity index is 893. The average Bonchev–Trinajstić information content (AvgIpc) is 2.70. The van der Waals surface area contributed by atoms with Crippen LogP contribution in [0.2, 0.25) is 0 Å². The topological polar surface area (TPSA) is 0 Å². The van der Waals surface area contributed by atoms with Crippen molar-refractivity contribution in [1.29, 1.82) is 0 Å². The molecule has 0 N–H and O–H groups in total. The largest absolute Gasteiger partial charge is 0.460 e. The maximum atomic E-state index is 13.8. The molecule has 0 spiro atoms. The van der Waals surface area contributed by atoms with Gasteiger partial charge in [-0.1, -0.05) is 33.7 Å². The summed E-state index contributed by atoms with van der Waals surface area (Å²) in [5.74, 6) is -76.6. The van der Waals surface area contributed by atoms with Gasteiger partial charge in [0.1, 0.15) is 0 Å². The standard InChI is InChI=1S/C16H10F21I/c1-5(6(2)4-38)3-7(17,18)8(19,20)9(21,22)10(23,24)11(25,26)12(27,28)13(29,30)14(31,32)15(33,34)16(35,36)37/h3-4H2,1-2H3/b6-5-. The first kappa shape index (κ1) is 37.0. The van der Waals surface area contributed by atoms with Crippen molar-refractivity contribution in [2.45, 2.75) is 79.7 Å². The van der Waals surface area contributed by atoms with Crippen molar-refractivity contribution in [1.82, 2.24) is 0 Å². The van der Waals surface area contributed by atoms with Gasteiger partial charge < -0.3 is 0 Å². The fourth-order valence-corrected chi connectivity index (χ4v) is 2.95. The number of hydrogen-bond donors (Lipinski definition) is 0. The van der Waals surface area contributed by atoms with Crippen LogP contribution in [0.15, 0.2) is 11.1 Å². The normalized spacial score (nSPS) is 17.1. The molecule has 0 atom stereocenters. The van der Waals surface area contributed by atoms with Gasteiger partial charge in [0.15, 0.2) is 0 Å². The van der Waals surface area contributed by atoms with Gasteiger partial charge >= 0.3 is 59.5 Å². The number of allylic oxidation sites excluding steroid dienone is 2. The summed E-state index contributed by atoms with van der Waals surface area (Å²) in [6.07, 6.45) is -10.7. The van der Waals surface area contributed by atoms with E-state index in [1.807, 2.05) is 0 Å². The lowest BCUT2D eigenvalue weighted by molar-refractivity contribution is -0.474. The van der Waals surface area contributed by atoms with Crippen LogP contribution >= 0.6 is 22.6 Å². The molecule has 0 aliphatic rings. The molecule has 38 heavy (non-hydrogen) atoms. The molecule has 0 saturated heterocycles. The van der Waals surface area contributed by atoms with Crippen LogP contribution in [0.25, 0.3) is 0 Å². The second-order valence-corrected chi connectivity index (χ2v) is 8.43. The van der Waals surface area contributed by atoms with E-state index in [1.54, 1.807) is 0 Å². The van der Waals surface area contributed by atoms with Crippen molar-refractivity contribution in [3.63, 3.8) is 0 Å². The third kappa shape index (κ3) is 4.89. The van der Waals surface area contributed by atoms with E-state index in [2.05, 4.69) is 0 Å². The molecule has 0 rings (SSSR count). The molecule has 0 unspecified atom stereocenters. The first-order valence-corrected chi connectivity index (χ1v) is 10.3. The van der Waals surface area contributed by atoms with Gasteiger partial charge in [-0.05, 0) is 13.8 Å². The molecular formula is C16H10F21I. The first-order valence-electron chi connectivity index (χ1n) is 8.80. The van der Waals surface area contributed by atoms with E-state index in [-0.39, 0.29) is 10.0 Å². The van der Waals surface area contributed by atoms with E-state index in [0.29, 0.717) is 6.92 Å². The number of alkyl halides is 22. The molecule has 0 aliphatic heterocycles. The molecule has 0 nitrogen and oxygen atoms in total. The van der Waals surface area contributed by atoms with Gasteiger partial charge in [0.25, 0.3) is 0 Å². The summed E-state index contributed by atoms with van der Waals surface area (Å²) < 4.78 is 279. The maximum Gasteiger partial charge on any atom is 0.460 e. The van der Waals surface area contributed by atoms with Crippen LogP contribution in [0, 0.1) is 0 Å². The summed E-state index contributed by atoms with van der Waals surface area (Å²) in [5.41, 5.74) is -1.30. The second kappa shape index (κ2) is 9.82. The summed E-state index contributed by atoms with van der Waals surface area (Å²) in [6, 6.07) is 0. The molecule has 0 aromatic heterocycles. The van der Waals surface area contributed by atoms with Gasteiger partial charge in [0.05, 0.1) is 0 Å². The highest BCUT2D eigenvalue weighted by atomic mass is 127. The van der Waals surface area contributed by atoms with Crippen LogP contribution in [0.3, 0.4) is 0 Å². The first-order chi connectivity index (χ1) is 16.1. The zero-order valence-corrected chi connectivity index (χ0v) is 19.9. The van der Waals surface area contributed by atoms with Crippen LogP contribution in [-0.4, -0.2) is 63.9 Å². The van der Waals surface area contributed by atoms with Crippen LogP contribution < -0.4 is 0 Å². The minimum atomic E-state index is -9.15. The number of halogens is 22. The fraction of sp³-hybridized carbons (Fsp3) is 0.875. The molecule has 22 heteroatoms. The third-order valence-electron chi connectivity index (χ3n) is 4.99. The summed E-state index contributed by atoms with van der Waals surface area (Å²) in [7, 11) is 0. The smallest absolute Gasteiger partial charge is 0.199 e. The molecule has 0 bridgehead atoms. The molecule has 0 aromatic rings. The third-order valence-corrected chi connectivity index (χ3v) is 6.14. The lowest BCUT2D eigenvalue weighted by atomic mass is 9.85. The summed E-state index contributed by atoms with van der Waals surface area (Å²) in [4.78, 5) is 0. The molecule has 0 aliphatic carbocycles. The van der Waals surface area contributed by atoms with Crippen molar-refractivity contribution in [2.75, 3.05) is 4.43 Å². The Labute approximate surface area is 210 Å². The van der Waals surface area contributed by atoms with Crippen molar-refractivity contribution in [3.8, 4) is 0 Å².